The van der Waals surface area contributed by atoms with Crippen LogP contribution in [0.25, 0.3) is 0 Å². The van der Waals surface area contributed by atoms with Crippen molar-refractivity contribution in [2.75, 3.05) is 13.2 Å². The molecule has 1 saturated heterocycles. The Morgan fingerprint density at radius 1 is 1.26 bits per heavy atom. The van der Waals surface area contributed by atoms with Crippen LogP contribution in [-0.4, -0.2) is 37.3 Å². The van der Waals surface area contributed by atoms with Crippen molar-refractivity contribution >= 4 is 11.9 Å². The monoisotopic (exact) mass is 385 g/mol. The minimum atomic E-state index is -5.07. The summed E-state index contributed by atoms with van der Waals surface area (Å²) >= 11 is 0. The third-order valence-corrected chi connectivity index (χ3v) is 5.21. The maximum Gasteiger partial charge on any atom is 0.491 e. The first-order valence-corrected chi connectivity index (χ1v) is 9.05. The maximum absolute atomic E-state index is 12.6. The number of nitrogens with one attached hydrogen (secondary N) is 1. The standard InChI is InChI=1S/C19H22F3NO4/c1-11(24)26-8-6-14-15-9-13-3-2-7-23-16(13)10-12(15)4-5-17(14)27-18(25)19(20,21)22/h4-5,13,16,23H,2-3,6-10H2,1H3/t13-,16-/m0/s1. The number of piperidine rings is 1. The van der Waals surface area contributed by atoms with Gasteiger partial charge in [-0.1, -0.05) is 6.07 Å². The fraction of sp³-hybridized carbons (Fsp3) is 0.579. The van der Waals surface area contributed by atoms with Gasteiger partial charge >= 0.3 is 18.1 Å². The number of halogens is 3. The third-order valence-electron chi connectivity index (χ3n) is 5.21. The molecule has 148 valence electrons. The molecule has 1 heterocycles. The molecular formula is C19H22F3NO4. The highest BCUT2D eigenvalue weighted by molar-refractivity contribution is 5.78. The zero-order valence-corrected chi connectivity index (χ0v) is 15.0. The first kappa shape index (κ1) is 19.7. The quantitative estimate of drug-likeness (QED) is 0.638. The molecule has 2 aliphatic rings. The molecule has 0 radical (unpaired) electrons. The van der Waals surface area contributed by atoms with Crippen LogP contribution in [0, 0.1) is 5.92 Å². The highest BCUT2D eigenvalue weighted by atomic mass is 19.4. The molecule has 0 saturated carbocycles. The van der Waals surface area contributed by atoms with Crippen LogP contribution in [0.3, 0.4) is 0 Å². The summed E-state index contributed by atoms with van der Waals surface area (Å²) in [6, 6.07) is 3.50. The molecule has 0 amide bonds. The molecule has 1 aliphatic heterocycles. The van der Waals surface area contributed by atoms with Gasteiger partial charge in [-0.05, 0) is 55.3 Å². The van der Waals surface area contributed by atoms with E-state index in [2.05, 4.69) is 10.1 Å². The van der Waals surface area contributed by atoms with Crippen LogP contribution < -0.4 is 10.1 Å². The number of ether oxygens (including phenoxy) is 2. The molecule has 5 nitrogen and oxygen atoms in total. The Hall–Kier alpha value is -2.09. The minimum absolute atomic E-state index is 0.0225. The van der Waals surface area contributed by atoms with Gasteiger partial charge in [0.2, 0.25) is 0 Å². The molecule has 2 atom stereocenters. The topological polar surface area (TPSA) is 64.6 Å². The Morgan fingerprint density at radius 2 is 2.04 bits per heavy atom. The van der Waals surface area contributed by atoms with E-state index in [9.17, 15) is 22.8 Å². The van der Waals surface area contributed by atoms with Gasteiger partial charge in [0.15, 0.2) is 0 Å². The van der Waals surface area contributed by atoms with Gasteiger partial charge in [0.05, 0.1) is 6.61 Å². The number of alkyl halides is 3. The van der Waals surface area contributed by atoms with E-state index in [1.54, 1.807) is 6.07 Å². The van der Waals surface area contributed by atoms with E-state index in [1.807, 2.05) is 0 Å². The van der Waals surface area contributed by atoms with E-state index in [1.165, 1.54) is 13.0 Å². The molecule has 0 unspecified atom stereocenters. The summed E-state index contributed by atoms with van der Waals surface area (Å²) in [6.45, 7) is 2.26. The van der Waals surface area contributed by atoms with E-state index < -0.39 is 18.1 Å². The first-order chi connectivity index (χ1) is 12.8. The smallest absolute Gasteiger partial charge is 0.466 e. The van der Waals surface area contributed by atoms with Crippen molar-refractivity contribution in [3.05, 3.63) is 28.8 Å². The fourth-order valence-electron chi connectivity index (χ4n) is 3.99. The lowest BCUT2D eigenvalue weighted by molar-refractivity contribution is -0.189. The summed E-state index contributed by atoms with van der Waals surface area (Å²) in [7, 11) is 0. The Bertz CT molecular complexity index is 732. The maximum atomic E-state index is 12.6. The second-order valence-electron chi connectivity index (χ2n) is 7.03. The molecule has 27 heavy (non-hydrogen) atoms. The Morgan fingerprint density at radius 3 is 2.74 bits per heavy atom. The lowest BCUT2D eigenvalue weighted by Gasteiger charge is -2.38. The van der Waals surface area contributed by atoms with Gasteiger partial charge in [-0.25, -0.2) is 4.79 Å². The van der Waals surface area contributed by atoms with Crippen molar-refractivity contribution in [2.45, 2.75) is 51.2 Å². The van der Waals surface area contributed by atoms with Crippen LogP contribution >= 0.6 is 0 Å². The van der Waals surface area contributed by atoms with Crippen LogP contribution in [0.4, 0.5) is 13.2 Å². The lowest BCUT2D eigenvalue weighted by Crippen LogP contribution is -2.46. The van der Waals surface area contributed by atoms with Crippen molar-refractivity contribution < 1.29 is 32.2 Å². The number of esters is 2. The highest BCUT2D eigenvalue weighted by Gasteiger charge is 2.42. The zero-order valence-electron chi connectivity index (χ0n) is 15.0. The van der Waals surface area contributed by atoms with Crippen LogP contribution in [0.1, 0.15) is 36.5 Å². The number of carbonyl (C=O) groups excluding carboxylic acids is 2. The van der Waals surface area contributed by atoms with Gasteiger partial charge in [-0.3, -0.25) is 4.79 Å². The number of hydrogen-bond donors (Lipinski definition) is 1. The molecule has 1 fully saturated rings. The van der Waals surface area contributed by atoms with E-state index >= 15 is 0 Å². The molecule has 0 spiro atoms. The summed E-state index contributed by atoms with van der Waals surface area (Å²) in [6.07, 6.45) is -1.27. The molecule has 3 rings (SSSR count). The molecule has 1 aromatic rings. The van der Waals surface area contributed by atoms with Gasteiger partial charge < -0.3 is 14.8 Å². The molecule has 1 N–H and O–H groups in total. The predicted octanol–water partition coefficient (Wildman–Crippen LogP) is 2.73. The summed E-state index contributed by atoms with van der Waals surface area (Å²) < 4.78 is 47.5. The molecular weight excluding hydrogens is 363 g/mol. The van der Waals surface area contributed by atoms with Crippen LogP contribution in [-0.2, 0) is 33.6 Å². The predicted molar refractivity (Wildman–Crippen MR) is 90.4 cm³/mol. The van der Waals surface area contributed by atoms with Crippen LogP contribution in [0.2, 0.25) is 0 Å². The number of fused-ring (bicyclic) bond motifs is 2. The highest BCUT2D eigenvalue weighted by Crippen LogP contribution is 2.37. The number of rotatable bonds is 4. The second-order valence-corrected chi connectivity index (χ2v) is 7.03. The van der Waals surface area contributed by atoms with E-state index in [0.29, 0.717) is 23.9 Å². The SMILES string of the molecule is CC(=O)OCCc1c(OC(=O)C(F)(F)F)ccc2c1C[C@@H]1CCCN[C@H]1C2. The largest absolute Gasteiger partial charge is 0.491 e. The number of hydrogen-bond acceptors (Lipinski definition) is 5. The summed E-state index contributed by atoms with van der Waals surface area (Å²) in [4.78, 5) is 22.4. The average molecular weight is 385 g/mol. The van der Waals surface area contributed by atoms with Crippen LogP contribution in [0.5, 0.6) is 5.75 Å². The van der Waals surface area contributed by atoms with Gasteiger partial charge in [0, 0.05) is 24.9 Å². The van der Waals surface area contributed by atoms with Gasteiger partial charge in [0.25, 0.3) is 0 Å². The Kier molecular flexibility index (Phi) is 5.74. The summed E-state index contributed by atoms with van der Waals surface area (Å²) in [5, 5.41) is 3.50. The normalized spacial score (nSPS) is 21.8. The summed E-state index contributed by atoms with van der Waals surface area (Å²) in [5.41, 5.74) is 2.48. The van der Waals surface area contributed by atoms with E-state index in [0.717, 1.165) is 36.9 Å². The van der Waals surface area contributed by atoms with Gasteiger partial charge in [-0.15, -0.1) is 0 Å². The van der Waals surface area contributed by atoms with Gasteiger partial charge in [0.1, 0.15) is 5.75 Å². The van der Waals surface area contributed by atoms with E-state index in [-0.39, 0.29) is 18.8 Å². The zero-order chi connectivity index (χ0) is 19.6. The lowest BCUT2D eigenvalue weighted by atomic mass is 9.74. The fourth-order valence-corrected chi connectivity index (χ4v) is 3.99. The number of carbonyl (C=O) groups is 2. The van der Waals surface area contributed by atoms with E-state index in [4.69, 9.17) is 4.74 Å². The summed E-state index contributed by atoms with van der Waals surface area (Å²) in [5.74, 6) is -2.42. The first-order valence-electron chi connectivity index (χ1n) is 9.05. The molecule has 8 heteroatoms. The molecule has 1 aromatic carbocycles. The van der Waals surface area contributed by atoms with Crippen molar-refractivity contribution in [1.29, 1.82) is 0 Å². The minimum Gasteiger partial charge on any atom is -0.466 e. The molecule has 0 bridgehead atoms. The third kappa shape index (κ3) is 4.61. The Balaban J connectivity index is 1.91. The van der Waals surface area contributed by atoms with Crippen molar-refractivity contribution in [1.82, 2.24) is 5.32 Å². The van der Waals surface area contributed by atoms with Crippen molar-refractivity contribution in [3.8, 4) is 5.75 Å². The van der Waals surface area contributed by atoms with Crippen molar-refractivity contribution in [3.63, 3.8) is 0 Å². The molecule has 0 aromatic heterocycles. The van der Waals surface area contributed by atoms with Crippen LogP contribution in [0.15, 0.2) is 12.1 Å². The number of benzene rings is 1. The second kappa shape index (κ2) is 7.88. The van der Waals surface area contributed by atoms with Gasteiger partial charge in [-0.2, -0.15) is 13.2 Å². The average Bonchev–Trinajstić information content (AvgIpc) is 2.60. The molecule has 1 aliphatic carbocycles. The Labute approximate surface area is 155 Å². The van der Waals surface area contributed by atoms with Crippen molar-refractivity contribution in [2.24, 2.45) is 5.92 Å².